The van der Waals surface area contributed by atoms with Crippen LogP contribution in [0.5, 0.6) is 5.75 Å². The molecule has 1 aliphatic heterocycles. The van der Waals surface area contributed by atoms with Gasteiger partial charge in [-0.1, -0.05) is 28.9 Å². The molecule has 3 aromatic rings. The molecule has 11 heteroatoms. The van der Waals surface area contributed by atoms with Crippen LogP contribution < -0.4 is 10.1 Å². The smallest absolute Gasteiger partial charge is 0.258 e. The first-order valence-electron chi connectivity index (χ1n) is 11.9. The summed E-state index contributed by atoms with van der Waals surface area (Å²) in [6.07, 6.45) is -0.136. The number of aliphatic hydroxyl groups excluding tert-OH is 2. The first kappa shape index (κ1) is 28.9. The topological polar surface area (TPSA) is 121 Å². The molecule has 1 aliphatic rings. The van der Waals surface area contributed by atoms with E-state index in [-0.39, 0.29) is 44.1 Å². The summed E-state index contributed by atoms with van der Waals surface area (Å²) in [5.41, 5.74) is 5.09. The van der Waals surface area contributed by atoms with Crippen LogP contribution in [-0.2, 0) is 17.8 Å². The highest BCUT2D eigenvalue weighted by molar-refractivity contribution is 6.32. The zero-order valence-corrected chi connectivity index (χ0v) is 22.6. The summed E-state index contributed by atoms with van der Waals surface area (Å²) in [5.74, 6) is 1.31. The second-order valence-electron chi connectivity index (χ2n) is 9.21. The number of hydrogen-bond donors (Lipinski definition) is 3. The minimum Gasteiger partial charge on any atom is -0.489 e. The van der Waals surface area contributed by atoms with Gasteiger partial charge in [0.15, 0.2) is 0 Å². The van der Waals surface area contributed by atoms with Crippen molar-refractivity contribution in [1.82, 2.24) is 20.4 Å². The van der Waals surface area contributed by atoms with Crippen LogP contribution in [0.15, 0.2) is 34.9 Å². The van der Waals surface area contributed by atoms with Crippen LogP contribution >= 0.6 is 24.0 Å². The normalized spacial score (nSPS) is 14.1. The van der Waals surface area contributed by atoms with Crippen LogP contribution in [0.2, 0.25) is 5.02 Å². The summed E-state index contributed by atoms with van der Waals surface area (Å²) in [4.78, 5) is 18.8. The summed E-state index contributed by atoms with van der Waals surface area (Å²) in [5, 5.41) is 25.6. The molecule has 0 bridgehead atoms. The predicted molar refractivity (Wildman–Crippen MR) is 143 cm³/mol. The Bertz CT molecular complexity index is 1230. The van der Waals surface area contributed by atoms with E-state index in [1.54, 1.807) is 12.1 Å². The number of nitrogens with zero attached hydrogens (tertiary/aromatic N) is 3. The fraction of sp³-hybridized carbons (Fsp3) is 0.423. The van der Waals surface area contributed by atoms with Crippen molar-refractivity contribution in [3.8, 4) is 28.6 Å². The standard InChI is InChI=1S/C26H31ClN4O5.ClH/c1-15(2)35-23-7-5-17(10-22(23)27)26-29-25(30-36-26)21-6-4-18-12-31(9-8-20(18)16(21)3)13-24(34)28-11-19(33)14-32;/h4-7,10,15,19,32-33H,8-9,11-14H2,1-3H3,(H,28,34);1H/t19-;/m0./s1. The van der Waals surface area contributed by atoms with Crippen LogP contribution in [0.4, 0.5) is 0 Å². The highest BCUT2D eigenvalue weighted by Crippen LogP contribution is 2.33. The number of halogens is 2. The molecule has 0 fully saturated rings. The van der Waals surface area contributed by atoms with Gasteiger partial charge in [0.1, 0.15) is 5.75 Å². The van der Waals surface area contributed by atoms with E-state index in [4.69, 9.17) is 26.0 Å². The molecule has 0 spiro atoms. The van der Waals surface area contributed by atoms with E-state index in [0.717, 1.165) is 29.7 Å². The van der Waals surface area contributed by atoms with Crippen molar-refractivity contribution in [2.24, 2.45) is 0 Å². The molecule has 0 saturated carbocycles. The van der Waals surface area contributed by atoms with Gasteiger partial charge in [0.2, 0.25) is 11.7 Å². The fourth-order valence-corrected chi connectivity index (χ4v) is 4.49. The molecule has 0 saturated heterocycles. The summed E-state index contributed by atoms with van der Waals surface area (Å²) in [6.45, 7) is 7.20. The molecule has 0 aliphatic carbocycles. The van der Waals surface area contributed by atoms with Gasteiger partial charge < -0.3 is 24.8 Å². The van der Waals surface area contributed by atoms with E-state index in [9.17, 15) is 9.90 Å². The molecule has 1 atom stereocenters. The summed E-state index contributed by atoms with van der Waals surface area (Å²) in [7, 11) is 0. The van der Waals surface area contributed by atoms with Gasteiger partial charge in [-0.15, -0.1) is 12.4 Å². The van der Waals surface area contributed by atoms with E-state index in [1.165, 1.54) is 5.56 Å². The van der Waals surface area contributed by atoms with Crippen LogP contribution in [0.25, 0.3) is 22.8 Å². The van der Waals surface area contributed by atoms with Crippen molar-refractivity contribution in [3.05, 3.63) is 52.0 Å². The summed E-state index contributed by atoms with van der Waals surface area (Å²) in [6, 6.07) is 9.42. The molecule has 2 heterocycles. The quantitative estimate of drug-likeness (QED) is 0.370. The van der Waals surface area contributed by atoms with E-state index < -0.39 is 6.10 Å². The Morgan fingerprint density at radius 2 is 2.08 bits per heavy atom. The lowest BCUT2D eigenvalue weighted by Gasteiger charge is -2.29. The van der Waals surface area contributed by atoms with Crippen molar-refractivity contribution >= 4 is 29.9 Å². The molecule has 1 aromatic heterocycles. The number of benzene rings is 2. The Kier molecular flexibility index (Phi) is 9.92. The van der Waals surface area contributed by atoms with Gasteiger partial charge >= 0.3 is 0 Å². The molecule has 37 heavy (non-hydrogen) atoms. The number of nitrogens with one attached hydrogen (secondary N) is 1. The van der Waals surface area contributed by atoms with Gasteiger partial charge in [-0.3, -0.25) is 9.69 Å². The third-order valence-electron chi connectivity index (χ3n) is 6.09. The lowest BCUT2D eigenvalue weighted by Crippen LogP contribution is -2.42. The second kappa shape index (κ2) is 12.7. The molecular weight excluding hydrogens is 519 g/mol. The molecule has 3 N–H and O–H groups in total. The van der Waals surface area contributed by atoms with Crippen molar-refractivity contribution in [3.63, 3.8) is 0 Å². The molecule has 1 amide bonds. The van der Waals surface area contributed by atoms with Crippen molar-refractivity contribution in [2.45, 2.75) is 45.9 Å². The molecule has 200 valence electrons. The number of carbonyl (C=O) groups excluding carboxylic acids is 1. The Morgan fingerprint density at radius 3 is 2.78 bits per heavy atom. The number of amides is 1. The van der Waals surface area contributed by atoms with Crippen LogP contribution in [-0.4, -0.2) is 69.6 Å². The number of rotatable bonds is 9. The minimum absolute atomic E-state index is 0. The largest absolute Gasteiger partial charge is 0.489 e. The zero-order chi connectivity index (χ0) is 25.8. The number of carbonyl (C=O) groups is 1. The van der Waals surface area contributed by atoms with Gasteiger partial charge in [0, 0.05) is 30.8 Å². The lowest BCUT2D eigenvalue weighted by molar-refractivity contribution is -0.123. The number of aromatic nitrogens is 2. The Balaban J connectivity index is 0.00000380. The molecular formula is C26H32Cl2N4O5. The van der Waals surface area contributed by atoms with Crippen LogP contribution in [0.1, 0.15) is 30.5 Å². The lowest BCUT2D eigenvalue weighted by atomic mass is 9.91. The third kappa shape index (κ3) is 7.00. The number of aliphatic hydroxyl groups is 2. The van der Waals surface area contributed by atoms with Crippen LogP contribution in [0, 0.1) is 6.92 Å². The molecule has 2 aromatic carbocycles. The van der Waals surface area contributed by atoms with Gasteiger partial charge in [-0.25, -0.2) is 0 Å². The Labute approximate surface area is 227 Å². The first-order valence-corrected chi connectivity index (χ1v) is 12.3. The SMILES string of the molecule is Cc1c(-c2noc(-c3ccc(OC(C)C)c(Cl)c3)n2)ccc2c1CCN(CC(=O)NC[C@H](O)CO)C2.Cl. The third-order valence-corrected chi connectivity index (χ3v) is 6.38. The van der Waals surface area contributed by atoms with E-state index in [0.29, 0.717) is 34.6 Å². The van der Waals surface area contributed by atoms with Crippen LogP contribution in [0.3, 0.4) is 0 Å². The molecule has 0 radical (unpaired) electrons. The van der Waals surface area contributed by atoms with E-state index in [2.05, 4.69) is 27.3 Å². The maximum Gasteiger partial charge on any atom is 0.258 e. The highest BCUT2D eigenvalue weighted by Gasteiger charge is 2.23. The minimum atomic E-state index is -0.946. The average molecular weight is 551 g/mol. The zero-order valence-electron chi connectivity index (χ0n) is 21.0. The predicted octanol–water partition coefficient (Wildman–Crippen LogP) is 3.40. The van der Waals surface area contributed by atoms with E-state index >= 15 is 0 Å². The average Bonchev–Trinajstić information content (AvgIpc) is 3.33. The highest BCUT2D eigenvalue weighted by atomic mass is 35.5. The van der Waals surface area contributed by atoms with Gasteiger partial charge in [-0.05, 0) is 62.1 Å². The maximum atomic E-state index is 12.2. The fourth-order valence-electron chi connectivity index (χ4n) is 4.26. The summed E-state index contributed by atoms with van der Waals surface area (Å²) < 4.78 is 11.2. The van der Waals surface area contributed by atoms with Gasteiger partial charge in [0.05, 0.1) is 30.4 Å². The number of fused-ring (bicyclic) bond motifs is 1. The first-order chi connectivity index (χ1) is 17.2. The molecule has 4 rings (SSSR count). The number of hydrogen-bond acceptors (Lipinski definition) is 8. The molecule has 0 unspecified atom stereocenters. The van der Waals surface area contributed by atoms with Gasteiger partial charge in [-0.2, -0.15) is 4.98 Å². The number of ether oxygens (including phenoxy) is 1. The van der Waals surface area contributed by atoms with Gasteiger partial charge in [0.25, 0.3) is 5.89 Å². The maximum absolute atomic E-state index is 12.2. The van der Waals surface area contributed by atoms with Crippen molar-refractivity contribution in [1.29, 1.82) is 0 Å². The summed E-state index contributed by atoms with van der Waals surface area (Å²) >= 11 is 6.37. The Hall–Kier alpha value is -2.69. The van der Waals surface area contributed by atoms with Crippen molar-refractivity contribution in [2.75, 3.05) is 26.2 Å². The van der Waals surface area contributed by atoms with E-state index in [1.807, 2.05) is 32.0 Å². The van der Waals surface area contributed by atoms with Crippen molar-refractivity contribution < 1.29 is 24.3 Å². The molecule has 9 nitrogen and oxygen atoms in total. The Morgan fingerprint density at radius 1 is 1.30 bits per heavy atom. The second-order valence-corrected chi connectivity index (χ2v) is 9.62. The monoisotopic (exact) mass is 550 g/mol.